The van der Waals surface area contributed by atoms with E-state index in [1.54, 1.807) is 12.1 Å². The minimum absolute atomic E-state index is 0.0287. The highest BCUT2D eigenvalue weighted by molar-refractivity contribution is 6.32. The monoisotopic (exact) mass is 373 g/mol. The lowest BCUT2D eigenvalue weighted by atomic mass is 9.90. The third-order valence-electron chi connectivity index (χ3n) is 4.42. The number of hydrogen-bond donors (Lipinski definition) is 0. The van der Waals surface area contributed by atoms with Crippen LogP contribution >= 0.6 is 11.6 Å². The van der Waals surface area contributed by atoms with Gasteiger partial charge < -0.3 is 4.74 Å². The second kappa shape index (κ2) is 7.25. The minimum atomic E-state index is -0.728. The molecular weight excluding hydrogens is 358 g/mol. The molecule has 0 bridgehead atoms. The first-order chi connectivity index (χ1) is 12.4. The summed E-state index contributed by atoms with van der Waals surface area (Å²) in [7, 11) is 0. The molecule has 26 heavy (non-hydrogen) atoms. The molecule has 0 aromatic heterocycles. The number of nitro benzene ring substituents is 1. The molecule has 1 aliphatic rings. The van der Waals surface area contributed by atoms with Gasteiger partial charge in [-0.05, 0) is 35.7 Å². The van der Waals surface area contributed by atoms with E-state index in [4.69, 9.17) is 16.3 Å². The number of nitrogens with zero attached hydrogens (tertiary/aromatic N) is 1. The summed E-state index contributed by atoms with van der Waals surface area (Å²) >= 11 is 5.90. The average molecular weight is 374 g/mol. The first-order valence-corrected chi connectivity index (χ1v) is 8.58. The van der Waals surface area contributed by atoms with Crippen LogP contribution in [0.2, 0.25) is 5.02 Å². The number of carbonyl (C=O) groups excluding carboxylic acids is 2. The van der Waals surface area contributed by atoms with Crippen molar-refractivity contribution in [2.24, 2.45) is 0 Å². The molecule has 0 unspecified atom stereocenters. The highest BCUT2D eigenvalue weighted by Crippen LogP contribution is 2.35. The number of rotatable bonds is 5. The fourth-order valence-electron chi connectivity index (χ4n) is 3.12. The van der Waals surface area contributed by atoms with Gasteiger partial charge in [-0.3, -0.25) is 19.7 Å². The second-order valence-corrected chi connectivity index (χ2v) is 6.46. The molecule has 1 fully saturated rings. The molecular formula is C19H16ClNO5. The van der Waals surface area contributed by atoms with Crippen molar-refractivity contribution in [1.82, 2.24) is 0 Å². The van der Waals surface area contributed by atoms with Gasteiger partial charge in [-0.2, -0.15) is 0 Å². The number of carbonyl (C=O) groups is 2. The van der Waals surface area contributed by atoms with Crippen LogP contribution in [0.25, 0.3) is 0 Å². The average Bonchev–Trinajstić information content (AvgIpc) is 2.93. The molecule has 0 radical (unpaired) electrons. The highest BCUT2D eigenvalue weighted by atomic mass is 35.5. The Hall–Kier alpha value is -2.73. The molecule has 3 rings (SSSR count). The summed E-state index contributed by atoms with van der Waals surface area (Å²) in [5.74, 6) is -0.0936. The maximum Gasteiger partial charge on any atom is 0.288 e. The third kappa shape index (κ3) is 3.46. The lowest BCUT2D eigenvalue weighted by Gasteiger charge is -2.15. The molecule has 6 nitrogen and oxygen atoms in total. The number of benzene rings is 2. The first-order valence-electron chi connectivity index (χ1n) is 8.20. The van der Waals surface area contributed by atoms with Gasteiger partial charge in [0.2, 0.25) is 0 Å². The molecule has 134 valence electrons. The molecule has 0 atom stereocenters. The largest absolute Gasteiger partial charge is 0.457 e. The van der Waals surface area contributed by atoms with Gasteiger partial charge in [-0.1, -0.05) is 24.6 Å². The fraction of sp³-hybridized carbons (Fsp3) is 0.263. The molecule has 0 saturated heterocycles. The summed E-state index contributed by atoms with van der Waals surface area (Å²) in [4.78, 5) is 34.5. The van der Waals surface area contributed by atoms with E-state index in [0.29, 0.717) is 23.5 Å². The Morgan fingerprint density at radius 3 is 2.31 bits per heavy atom. The van der Waals surface area contributed by atoms with Crippen molar-refractivity contribution in [3.05, 3.63) is 62.7 Å². The number of ether oxygens (including phenoxy) is 1. The van der Waals surface area contributed by atoms with Gasteiger partial charge >= 0.3 is 0 Å². The summed E-state index contributed by atoms with van der Waals surface area (Å²) in [6.07, 6.45) is 1.24. The Balaban J connectivity index is 1.93. The van der Waals surface area contributed by atoms with Crippen LogP contribution in [0.1, 0.15) is 36.8 Å². The maximum absolute atomic E-state index is 12.1. The molecule has 1 saturated carbocycles. The Kier molecular flexibility index (Phi) is 5.04. The zero-order valence-corrected chi connectivity index (χ0v) is 14.8. The Morgan fingerprint density at radius 2 is 1.73 bits per heavy atom. The Labute approximate surface area is 154 Å². The van der Waals surface area contributed by atoms with Gasteiger partial charge in [0.25, 0.3) is 5.69 Å². The molecule has 0 N–H and O–H groups in total. The van der Waals surface area contributed by atoms with Crippen LogP contribution in [0.4, 0.5) is 5.69 Å². The fourth-order valence-corrected chi connectivity index (χ4v) is 3.36. The van der Waals surface area contributed by atoms with E-state index in [-0.39, 0.29) is 35.1 Å². The van der Waals surface area contributed by atoms with E-state index in [1.807, 2.05) is 13.0 Å². The van der Waals surface area contributed by atoms with Gasteiger partial charge in [0.1, 0.15) is 34.0 Å². The number of Topliss-reactive ketones (excluding diaryl/α,β-unsaturated/α-hetero) is 2. The SMILES string of the molecule is CCc1ccc(Oc2ccc([N+](=O)[O-])c(Cl)c2)cc1C1C(=O)CCC1=O. The smallest absolute Gasteiger partial charge is 0.288 e. The minimum Gasteiger partial charge on any atom is -0.457 e. The zero-order valence-electron chi connectivity index (χ0n) is 14.0. The van der Waals surface area contributed by atoms with Gasteiger partial charge in [-0.25, -0.2) is 0 Å². The number of ketones is 2. The third-order valence-corrected chi connectivity index (χ3v) is 4.73. The molecule has 2 aromatic carbocycles. The maximum atomic E-state index is 12.1. The quantitative estimate of drug-likeness (QED) is 0.433. The van der Waals surface area contributed by atoms with Gasteiger partial charge in [0.15, 0.2) is 0 Å². The highest BCUT2D eigenvalue weighted by Gasteiger charge is 2.35. The molecule has 0 heterocycles. The van der Waals surface area contributed by atoms with Crippen molar-refractivity contribution in [2.45, 2.75) is 32.1 Å². The number of aryl methyl sites for hydroxylation is 1. The van der Waals surface area contributed by atoms with Crippen molar-refractivity contribution in [3.8, 4) is 11.5 Å². The zero-order chi connectivity index (χ0) is 18.8. The van der Waals surface area contributed by atoms with E-state index < -0.39 is 10.8 Å². The van der Waals surface area contributed by atoms with Crippen LogP contribution in [0.5, 0.6) is 11.5 Å². The summed E-state index contributed by atoms with van der Waals surface area (Å²) in [5, 5.41) is 10.8. The van der Waals surface area contributed by atoms with E-state index in [9.17, 15) is 19.7 Å². The molecule has 7 heteroatoms. The van der Waals surface area contributed by atoms with Crippen LogP contribution in [-0.2, 0) is 16.0 Å². The van der Waals surface area contributed by atoms with Crippen molar-refractivity contribution >= 4 is 28.9 Å². The van der Waals surface area contributed by atoms with Crippen molar-refractivity contribution in [3.63, 3.8) is 0 Å². The second-order valence-electron chi connectivity index (χ2n) is 6.05. The van der Waals surface area contributed by atoms with Gasteiger partial charge in [-0.15, -0.1) is 0 Å². The summed E-state index contributed by atoms with van der Waals surface area (Å²) in [6.45, 7) is 1.96. The molecule has 0 aliphatic heterocycles. The summed E-state index contributed by atoms with van der Waals surface area (Å²) in [5.41, 5.74) is 1.39. The predicted molar refractivity (Wildman–Crippen MR) is 96.0 cm³/mol. The normalized spacial score (nSPS) is 14.7. The topological polar surface area (TPSA) is 86.5 Å². The lowest BCUT2D eigenvalue weighted by molar-refractivity contribution is -0.384. The standard InChI is InChI=1S/C19H16ClNO5/c1-2-11-3-4-12(9-14(11)19-17(22)7-8-18(19)23)26-13-5-6-16(21(24)25)15(20)10-13/h3-6,9-10,19H,2,7-8H2,1H3. The van der Waals surface area contributed by atoms with Crippen molar-refractivity contribution < 1.29 is 19.2 Å². The summed E-state index contributed by atoms with van der Waals surface area (Å²) < 4.78 is 5.73. The van der Waals surface area contributed by atoms with Crippen LogP contribution in [0.3, 0.4) is 0 Å². The Bertz CT molecular complexity index is 893. The Morgan fingerprint density at radius 1 is 1.12 bits per heavy atom. The molecule has 2 aromatic rings. The lowest BCUT2D eigenvalue weighted by Crippen LogP contribution is -2.14. The van der Waals surface area contributed by atoms with Crippen LogP contribution in [-0.4, -0.2) is 16.5 Å². The van der Waals surface area contributed by atoms with Gasteiger partial charge in [0.05, 0.1) is 4.92 Å². The van der Waals surface area contributed by atoms with E-state index >= 15 is 0 Å². The number of hydrogen-bond acceptors (Lipinski definition) is 5. The van der Waals surface area contributed by atoms with Crippen molar-refractivity contribution in [1.29, 1.82) is 0 Å². The van der Waals surface area contributed by atoms with Crippen LogP contribution in [0, 0.1) is 10.1 Å². The van der Waals surface area contributed by atoms with Gasteiger partial charge in [0, 0.05) is 25.0 Å². The predicted octanol–water partition coefficient (Wildman–Crippen LogP) is 4.62. The van der Waals surface area contributed by atoms with Crippen molar-refractivity contribution in [2.75, 3.05) is 0 Å². The number of nitro groups is 1. The van der Waals surface area contributed by atoms with E-state index in [1.165, 1.54) is 18.2 Å². The molecule has 0 amide bonds. The van der Waals surface area contributed by atoms with E-state index in [2.05, 4.69) is 0 Å². The molecule has 0 spiro atoms. The van der Waals surface area contributed by atoms with E-state index in [0.717, 1.165) is 5.56 Å². The first kappa shape index (κ1) is 18.1. The van der Waals surface area contributed by atoms with Crippen LogP contribution < -0.4 is 4.74 Å². The summed E-state index contributed by atoms with van der Waals surface area (Å²) in [6, 6.07) is 9.34. The molecule has 1 aliphatic carbocycles. The van der Waals surface area contributed by atoms with Crippen LogP contribution in [0.15, 0.2) is 36.4 Å². The number of halogens is 1.